The molecule has 3 rings (SSSR count). The van der Waals surface area contributed by atoms with E-state index in [0.29, 0.717) is 28.8 Å². The number of hydrogen-bond acceptors (Lipinski definition) is 7. The van der Waals surface area contributed by atoms with E-state index in [4.69, 9.17) is 14.7 Å². The molecule has 2 aromatic heterocycles. The Kier molecular flexibility index (Phi) is 6.29. The molecule has 0 saturated carbocycles. The summed E-state index contributed by atoms with van der Waals surface area (Å²) in [6.45, 7) is 6.21. The van der Waals surface area contributed by atoms with Gasteiger partial charge in [0.2, 0.25) is 0 Å². The van der Waals surface area contributed by atoms with Gasteiger partial charge in [-0.2, -0.15) is 5.26 Å². The summed E-state index contributed by atoms with van der Waals surface area (Å²) in [4.78, 5) is 19.2. The number of thiazole rings is 1. The number of amides is 1. The number of carbonyl (C=O) groups excluding carboxylic acids is 1. The fourth-order valence-corrected chi connectivity index (χ4v) is 4.26. The first kappa shape index (κ1) is 19.9. The van der Waals surface area contributed by atoms with Gasteiger partial charge in [0.15, 0.2) is 23.2 Å². The minimum Gasteiger partial charge on any atom is -0.490 e. The molecule has 6 nitrogen and oxygen atoms in total. The van der Waals surface area contributed by atoms with Crippen molar-refractivity contribution in [3.05, 3.63) is 45.0 Å². The first-order valence-electron chi connectivity index (χ1n) is 8.62. The summed E-state index contributed by atoms with van der Waals surface area (Å²) in [6, 6.07) is 8.99. The van der Waals surface area contributed by atoms with Crippen molar-refractivity contribution in [2.45, 2.75) is 20.8 Å². The van der Waals surface area contributed by atoms with Crippen molar-refractivity contribution >= 4 is 33.7 Å². The molecule has 1 amide bonds. The number of aryl methyl sites for hydroxylation is 2. The first-order chi connectivity index (χ1) is 13.5. The van der Waals surface area contributed by atoms with Gasteiger partial charge >= 0.3 is 0 Å². The molecule has 28 heavy (non-hydrogen) atoms. The normalized spacial score (nSPS) is 10.4. The molecule has 0 aliphatic rings. The van der Waals surface area contributed by atoms with E-state index in [1.54, 1.807) is 29.5 Å². The second-order valence-corrected chi connectivity index (χ2v) is 8.23. The summed E-state index contributed by atoms with van der Waals surface area (Å²) in [5.41, 5.74) is 2.41. The van der Waals surface area contributed by atoms with E-state index in [0.717, 1.165) is 11.3 Å². The molecule has 1 N–H and O–H groups in total. The fraction of sp³-hybridized carbons (Fsp3) is 0.250. The lowest BCUT2D eigenvalue weighted by Crippen LogP contribution is -2.20. The highest BCUT2D eigenvalue weighted by molar-refractivity contribution is 7.14. The minimum atomic E-state index is -0.314. The smallest absolute Gasteiger partial charge is 0.264 e. The molecule has 0 atom stereocenters. The highest BCUT2D eigenvalue weighted by Crippen LogP contribution is 2.32. The largest absolute Gasteiger partial charge is 0.490 e. The summed E-state index contributed by atoms with van der Waals surface area (Å²) in [6.07, 6.45) is 0. The van der Waals surface area contributed by atoms with Gasteiger partial charge < -0.3 is 9.47 Å². The zero-order chi connectivity index (χ0) is 20.1. The molecule has 0 spiro atoms. The molecule has 0 saturated heterocycles. The van der Waals surface area contributed by atoms with E-state index >= 15 is 0 Å². The molecule has 2 heterocycles. The van der Waals surface area contributed by atoms with Crippen LogP contribution in [-0.2, 0) is 4.79 Å². The molecule has 0 radical (unpaired) electrons. The van der Waals surface area contributed by atoms with Gasteiger partial charge in [-0.25, -0.2) is 4.98 Å². The number of hydrogen-bond donors (Lipinski definition) is 1. The van der Waals surface area contributed by atoms with E-state index in [1.807, 2.05) is 12.3 Å². The fourth-order valence-electron chi connectivity index (χ4n) is 2.60. The molecule has 8 heteroatoms. The molecule has 144 valence electrons. The van der Waals surface area contributed by atoms with Gasteiger partial charge in [-0.05, 0) is 39.0 Å². The number of nitrogens with one attached hydrogen (secondary N) is 1. The van der Waals surface area contributed by atoms with E-state index in [9.17, 15) is 4.79 Å². The Morgan fingerprint density at radius 3 is 2.75 bits per heavy atom. The SMILES string of the molecule is CCOc1cc(C#N)ccc1OCC(=O)Nc1nc(-c2cc(C)sc2C)cs1. The van der Waals surface area contributed by atoms with Crippen molar-refractivity contribution in [3.8, 4) is 28.8 Å². The maximum absolute atomic E-state index is 12.2. The van der Waals surface area contributed by atoms with Crippen LogP contribution in [0.2, 0.25) is 0 Å². The second kappa shape index (κ2) is 8.87. The van der Waals surface area contributed by atoms with Crippen LogP contribution in [0, 0.1) is 25.2 Å². The van der Waals surface area contributed by atoms with Crippen LogP contribution in [0.5, 0.6) is 11.5 Å². The molecule has 1 aromatic carbocycles. The first-order valence-corrected chi connectivity index (χ1v) is 10.3. The lowest BCUT2D eigenvalue weighted by molar-refractivity contribution is -0.118. The van der Waals surface area contributed by atoms with Crippen LogP contribution in [0.15, 0.2) is 29.6 Å². The molecule has 0 unspecified atom stereocenters. The van der Waals surface area contributed by atoms with Crippen LogP contribution in [0.3, 0.4) is 0 Å². The number of anilines is 1. The van der Waals surface area contributed by atoms with Crippen LogP contribution in [0.25, 0.3) is 11.3 Å². The van der Waals surface area contributed by atoms with Crippen molar-refractivity contribution in [1.29, 1.82) is 5.26 Å². The Hall–Kier alpha value is -2.89. The van der Waals surface area contributed by atoms with Crippen molar-refractivity contribution in [2.24, 2.45) is 0 Å². The van der Waals surface area contributed by atoms with Gasteiger partial charge in [-0.15, -0.1) is 22.7 Å². The Labute approximate surface area is 171 Å². The maximum atomic E-state index is 12.2. The van der Waals surface area contributed by atoms with Crippen LogP contribution in [0.1, 0.15) is 22.2 Å². The monoisotopic (exact) mass is 413 g/mol. The number of thiophene rings is 1. The predicted octanol–water partition coefficient (Wildman–Crippen LogP) is 4.78. The summed E-state index contributed by atoms with van der Waals surface area (Å²) >= 11 is 3.10. The van der Waals surface area contributed by atoms with Crippen LogP contribution < -0.4 is 14.8 Å². The van der Waals surface area contributed by atoms with Gasteiger partial charge in [-0.3, -0.25) is 10.1 Å². The average molecular weight is 414 g/mol. The number of ether oxygens (including phenoxy) is 2. The van der Waals surface area contributed by atoms with Crippen LogP contribution in [0.4, 0.5) is 5.13 Å². The van der Waals surface area contributed by atoms with Crippen molar-refractivity contribution in [1.82, 2.24) is 4.98 Å². The number of aromatic nitrogens is 1. The van der Waals surface area contributed by atoms with Gasteiger partial charge in [-0.1, -0.05) is 0 Å². The second-order valence-electron chi connectivity index (χ2n) is 5.91. The quantitative estimate of drug-likeness (QED) is 0.603. The standard InChI is InChI=1S/C20H19N3O3S2/c1-4-25-18-8-14(9-21)5-6-17(18)26-10-19(24)23-20-22-16(11-27-20)15-7-12(2)28-13(15)3/h5-8,11H,4,10H2,1-3H3,(H,22,23,24). The molecule has 0 bridgehead atoms. The third kappa shape index (κ3) is 4.68. The number of carbonyl (C=O) groups is 1. The lowest BCUT2D eigenvalue weighted by Gasteiger charge is -2.11. The third-order valence-corrected chi connectivity index (χ3v) is 5.52. The van der Waals surface area contributed by atoms with E-state index in [-0.39, 0.29) is 12.5 Å². The zero-order valence-electron chi connectivity index (χ0n) is 15.7. The van der Waals surface area contributed by atoms with Crippen LogP contribution >= 0.6 is 22.7 Å². The molecular formula is C20H19N3O3S2. The van der Waals surface area contributed by atoms with E-state index < -0.39 is 0 Å². The van der Waals surface area contributed by atoms with E-state index in [2.05, 4.69) is 36.3 Å². The summed E-state index contributed by atoms with van der Waals surface area (Å²) in [5.74, 6) is 0.542. The Morgan fingerprint density at radius 1 is 1.25 bits per heavy atom. The lowest BCUT2D eigenvalue weighted by atomic mass is 10.2. The molecule has 0 aliphatic carbocycles. The summed E-state index contributed by atoms with van der Waals surface area (Å²) < 4.78 is 11.0. The number of nitriles is 1. The summed E-state index contributed by atoms with van der Waals surface area (Å²) in [5, 5.41) is 14.2. The highest BCUT2D eigenvalue weighted by atomic mass is 32.1. The average Bonchev–Trinajstić information content (AvgIpc) is 3.26. The topological polar surface area (TPSA) is 84.2 Å². The molecule has 3 aromatic rings. The number of nitrogens with zero attached hydrogens (tertiary/aromatic N) is 2. The Bertz CT molecular complexity index is 1030. The molecular weight excluding hydrogens is 394 g/mol. The Morgan fingerprint density at radius 2 is 2.07 bits per heavy atom. The van der Waals surface area contributed by atoms with Crippen molar-refractivity contribution in [3.63, 3.8) is 0 Å². The maximum Gasteiger partial charge on any atom is 0.264 e. The van der Waals surface area contributed by atoms with Gasteiger partial charge in [0.25, 0.3) is 5.91 Å². The summed E-state index contributed by atoms with van der Waals surface area (Å²) in [7, 11) is 0. The zero-order valence-corrected chi connectivity index (χ0v) is 17.4. The van der Waals surface area contributed by atoms with Crippen molar-refractivity contribution in [2.75, 3.05) is 18.5 Å². The Balaban J connectivity index is 1.62. The number of benzene rings is 1. The van der Waals surface area contributed by atoms with E-state index in [1.165, 1.54) is 21.1 Å². The van der Waals surface area contributed by atoms with Gasteiger partial charge in [0, 0.05) is 26.8 Å². The minimum absolute atomic E-state index is 0.183. The molecule has 0 aliphatic heterocycles. The van der Waals surface area contributed by atoms with Crippen LogP contribution in [-0.4, -0.2) is 24.1 Å². The highest BCUT2D eigenvalue weighted by Gasteiger charge is 2.13. The van der Waals surface area contributed by atoms with Gasteiger partial charge in [0.1, 0.15) is 0 Å². The predicted molar refractivity (Wildman–Crippen MR) is 111 cm³/mol. The van der Waals surface area contributed by atoms with Gasteiger partial charge in [0.05, 0.1) is 23.9 Å². The number of rotatable bonds is 7. The third-order valence-electron chi connectivity index (χ3n) is 3.80. The molecule has 0 fully saturated rings. The van der Waals surface area contributed by atoms with Crippen molar-refractivity contribution < 1.29 is 14.3 Å².